The molecule has 23 heavy (non-hydrogen) atoms. The fourth-order valence-electron chi connectivity index (χ4n) is 2.46. The molecular weight excluding hydrogens is 309 g/mol. The Kier molecular flexibility index (Phi) is 6.40. The molecule has 2 aromatic rings. The lowest BCUT2D eigenvalue weighted by molar-refractivity contribution is 0.225. The normalized spacial score (nSPS) is 11.4. The predicted octanol–water partition coefficient (Wildman–Crippen LogP) is 5.51. The molecule has 0 aromatic heterocycles. The van der Waals surface area contributed by atoms with Crippen LogP contribution in [0.1, 0.15) is 26.3 Å². The van der Waals surface area contributed by atoms with Gasteiger partial charge in [-0.25, -0.2) is 4.57 Å². The van der Waals surface area contributed by atoms with Gasteiger partial charge in [-0.1, -0.05) is 55.5 Å². The van der Waals surface area contributed by atoms with Gasteiger partial charge in [0.15, 0.2) is 0 Å². The molecule has 0 radical (unpaired) electrons. The van der Waals surface area contributed by atoms with Crippen molar-refractivity contribution in [3.8, 4) is 11.1 Å². The summed E-state index contributed by atoms with van der Waals surface area (Å²) in [5.41, 5.74) is 3.94. The van der Waals surface area contributed by atoms with Gasteiger partial charge in [0.1, 0.15) is 0 Å². The molecule has 0 heterocycles. The average Bonchev–Trinajstić information content (AvgIpc) is 2.56. The van der Waals surface area contributed by atoms with E-state index in [0.29, 0.717) is 13.2 Å². The third-order valence-electron chi connectivity index (χ3n) is 3.46. The minimum Gasteiger partial charge on any atom is -0.293 e. The van der Waals surface area contributed by atoms with Crippen LogP contribution >= 0.6 is 7.75 Å². The minimum absolute atomic E-state index is 0.319. The molecule has 124 valence electrons. The van der Waals surface area contributed by atoms with Gasteiger partial charge in [-0.05, 0) is 31.4 Å². The van der Waals surface area contributed by atoms with Crippen LogP contribution in [-0.4, -0.2) is 13.2 Å². The van der Waals surface area contributed by atoms with E-state index in [1.807, 2.05) is 48.5 Å². The highest BCUT2D eigenvalue weighted by Gasteiger charge is 2.26. The molecule has 0 aliphatic rings. The fourth-order valence-corrected chi connectivity index (χ4v) is 3.89. The summed E-state index contributed by atoms with van der Waals surface area (Å²) in [6.07, 6.45) is 0.821. The van der Waals surface area contributed by atoms with Crippen molar-refractivity contribution in [2.24, 2.45) is 0 Å². The molecule has 0 saturated carbocycles. The van der Waals surface area contributed by atoms with Crippen LogP contribution in [0.15, 0.2) is 48.5 Å². The Bertz CT molecular complexity index is 663. The fraction of sp³-hybridized carbons (Fsp3) is 0.333. The Balaban J connectivity index is 2.49. The molecule has 0 amide bonds. The van der Waals surface area contributed by atoms with Crippen LogP contribution in [0.4, 0.5) is 5.69 Å². The van der Waals surface area contributed by atoms with Crippen LogP contribution in [0.5, 0.6) is 0 Å². The van der Waals surface area contributed by atoms with Gasteiger partial charge in [0.05, 0.1) is 18.9 Å². The monoisotopic (exact) mass is 333 g/mol. The van der Waals surface area contributed by atoms with Gasteiger partial charge in [0.25, 0.3) is 0 Å². The van der Waals surface area contributed by atoms with Gasteiger partial charge < -0.3 is 0 Å². The maximum Gasteiger partial charge on any atom is 0.432 e. The Morgan fingerprint density at radius 1 is 0.913 bits per heavy atom. The quantitative estimate of drug-likeness (QED) is 0.647. The summed E-state index contributed by atoms with van der Waals surface area (Å²) in [5.74, 6) is 0. The smallest absolute Gasteiger partial charge is 0.293 e. The lowest BCUT2D eigenvalue weighted by Crippen LogP contribution is -2.07. The predicted molar refractivity (Wildman–Crippen MR) is 95.7 cm³/mol. The number of para-hydroxylation sites is 1. The first-order valence-corrected chi connectivity index (χ1v) is 9.52. The lowest BCUT2D eigenvalue weighted by Gasteiger charge is -2.22. The summed E-state index contributed by atoms with van der Waals surface area (Å²) in [6, 6.07) is 16.1. The van der Waals surface area contributed by atoms with Crippen LogP contribution in [0, 0.1) is 0 Å². The van der Waals surface area contributed by atoms with Crippen LogP contribution in [-0.2, 0) is 20.0 Å². The van der Waals surface area contributed by atoms with E-state index in [9.17, 15) is 4.57 Å². The number of nitrogens with one attached hydrogen (secondary N) is 1. The van der Waals surface area contributed by atoms with Crippen molar-refractivity contribution in [2.45, 2.75) is 27.2 Å². The van der Waals surface area contributed by atoms with Gasteiger partial charge in [-0.15, -0.1) is 0 Å². The summed E-state index contributed by atoms with van der Waals surface area (Å²) in [5, 5.41) is 3.05. The summed E-state index contributed by atoms with van der Waals surface area (Å²) in [6.45, 7) is 6.31. The molecule has 0 fully saturated rings. The second-order valence-corrected chi connectivity index (χ2v) is 6.74. The molecule has 2 aromatic carbocycles. The van der Waals surface area contributed by atoms with Crippen molar-refractivity contribution in [2.75, 3.05) is 18.3 Å². The minimum atomic E-state index is -3.38. The SMILES string of the molecule is CCOP(=O)(Nc1c(CC)cccc1-c1ccccc1)OCC. The Morgan fingerprint density at radius 3 is 2.13 bits per heavy atom. The van der Waals surface area contributed by atoms with E-state index < -0.39 is 7.75 Å². The number of rotatable bonds is 8. The number of aryl methyl sites for hydroxylation is 1. The topological polar surface area (TPSA) is 47.6 Å². The van der Waals surface area contributed by atoms with E-state index in [2.05, 4.69) is 12.0 Å². The molecule has 0 aliphatic carbocycles. The van der Waals surface area contributed by atoms with Gasteiger partial charge in [0, 0.05) is 5.56 Å². The summed E-state index contributed by atoms with van der Waals surface area (Å²) in [4.78, 5) is 0. The van der Waals surface area contributed by atoms with Gasteiger partial charge >= 0.3 is 7.75 Å². The zero-order valence-corrected chi connectivity index (χ0v) is 14.8. The molecule has 0 saturated heterocycles. The maximum absolute atomic E-state index is 12.9. The summed E-state index contributed by atoms with van der Waals surface area (Å²) in [7, 11) is -3.38. The van der Waals surface area contributed by atoms with Crippen molar-refractivity contribution < 1.29 is 13.6 Å². The Morgan fingerprint density at radius 2 is 1.57 bits per heavy atom. The molecule has 2 rings (SSSR count). The zero-order valence-electron chi connectivity index (χ0n) is 13.9. The highest BCUT2D eigenvalue weighted by Crippen LogP contribution is 2.50. The van der Waals surface area contributed by atoms with E-state index in [1.54, 1.807) is 13.8 Å². The van der Waals surface area contributed by atoms with E-state index in [4.69, 9.17) is 9.05 Å². The molecule has 0 aliphatic heterocycles. The van der Waals surface area contributed by atoms with E-state index in [-0.39, 0.29) is 0 Å². The second kappa shape index (κ2) is 8.30. The first-order valence-electron chi connectivity index (χ1n) is 7.98. The van der Waals surface area contributed by atoms with E-state index in [0.717, 1.165) is 28.8 Å². The number of anilines is 1. The first-order chi connectivity index (χ1) is 11.1. The Labute approximate surface area is 138 Å². The second-order valence-electron chi connectivity index (χ2n) is 5.00. The molecule has 0 atom stereocenters. The Hall–Kier alpha value is -1.61. The molecule has 0 spiro atoms. The first kappa shape index (κ1) is 17.7. The number of benzene rings is 2. The van der Waals surface area contributed by atoms with Crippen molar-refractivity contribution in [3.05, 3.63) is 54.1 Å². The van der Waals surface area contributed by atoms with Gasteiger partial charge in [-0.2, -0.15) is 0 Å². The molecule has 0 bridgehead atoms. The van der Waals surface area contributed by atoms with Crippen LogP contribution in [0.25, 0.3) is 11.1 Å². The third kappa shape index (κ3) is 4.44. The molecular formula is C18H24NO3P. The number of hydrogen-bond acceptors (Lipinski definition) is 3. The van der Waals surface area contributed by atoms with Crippen molar-refractivity contribution in [1.29, 1.82) is 0 Å². The van der Waals surface area contributed by atoms with Crippen LogP contribution in [0.3, 0.4) is 0 Å². The third-order valence-corrected chi connectivity index (χ3v) is 5.16. The lowest BCUT2D eigenvalue weighted by atomic mass is 9.99. The highest BCUT2D eigenvalue weighted by molar-refractivity contribution is 7.55. The highest BCUT2D eigenvalue weighted by atomic mass is 31.2. The van der Waals surface area contributed by atoms with Crippen molar-refractivity contribution in [3.63, 3.8) is 0 Å². The molecule has 4 nitrogen and oxygen atoms in total. The average molecular weight is 333 g/mol. The summed E-state index contributed by atoms with van der Waals surface area (Å²) < 4.78 is 23.7. The van der Waals surface area contributed by atoms with E-state index >= 15 is 0 Å². The maximum atomic E-state index is 12.9. The van der Waals surface area contributed by atoms with Gasteiger partial charge in [-0.3, -0.25) is 14.1 Å². The summed E-state index contributed by atoms with van der Waals surface area (Å²) >= 11 is 0. The molecule has 5 heteroatoms. The van der Waals surface area contributed by atoms with Crippen LogP contribution in [0.2, 0.25) is 0 Å². The number of hydrogen-bond donors (Lipinski definition) is 1. The van der Waals surface area contributed by atoms with E-state index in [1.165, 1.54) is 0 Å². The van der Waals surface area contributed by atoms with Crippen molar-refractivity contribution >= 4 is 13.4 Å². The molecule has 0 unspecified atom stereocenters. The van der Waals surface area contributed by atoms with Gasteiger partial charge in [0.2, 0.25) is 0 Å². The van der Waals surface area contributed by atoms with Crippen LogP contribution < -0.4 is 5.09 Å². The zero-order chi connectivity index (χ0) is 16.7. The largest absolute Gasteiger partial charge is 0.432 e. The molecule has 1 N–H and O–H groups in total. The standard InChI is InChI=1S/C18H24NO3P/c1-4-15-13-10-14-17(16-11-8-7-9-12-16)18(15)19-23(20,21-5-2)22-6-3/h7-14H,4-6H2,1-3H3,(H,19,20). The van der Waals surface area contributed by atoms with Crippen molar-refractivity contribution in [1.82, 2.24) is 0 Å².